The molecule has 0 saturated carbocycles. The molecule has 1 N–H and O–H groups in total. The number of hydrogen-bond donors (Lipinski definition) is 1. The van der Waals surface area contributed by atoms with Crippen molar-refractivity contribution in [3.63, 3.8) is 0 Å². The van der Waals surface area contributed by atoms with Gasteiger partial charge in [-0.05, 0) is 36.6 Å². The lowest BCUT2D eigenvalue weighted by Gasteiger charge is -2.36. The van der Waals surface area contributed by atoms with E-state index in [1.165, 1.54) is 11.3 Å². The molecule has 42 heavy (non-hydrogen) atoms. The van der Waals surface area contributed by atoms with Gasteiger partial charge in [0.05, 0.1) is 6.61 Å². The SMILES string of the molecule is CC(C)(ON=C(C=O)c1csc(NC(c2ccccc2)(c2ccccc2)c2ccccc2)n1)C(=O)OCC[Si](C)(C)C. The number of ether oxygens (including phenoxy) is 1. The number of carbonyl (C=O) groups excluding carboxylic acids is 2. The maximum absolute atomic E-state index is 12.6. The smallest absolute Gasteiger partial charge is 0.352 e. The molecule has 0 aliphatic rings. The molecule has 0 amide bonds. The molecule has 4 aromatic rings. The van der Waals surface area contributed by atoms with Crippen molar-refractivity contribution >= 4 is 42.5 Å². The van der Waals surface area contributed by atoms with Crippen LogP contribution in [-0.2, 0) is 24.7 Å². The number of nitrogens with one attached hydrogen (secondary N) is 1. The minimum Gasteiger partial charge on any atom is -0.463 e. The van der Waals surface area contributed by atoms with Crippen molar-refractivity contribution in [1.29, 1.82) is 0 Å². The summed E-state index contributed by atoms with van der Waals surface area (Å²) in [6.07, 6.45) is 0.574. The quantitative estimate of drug-likeness (QED) is 0.0439. The van der Waals surface area contributed by atoms with Gasteiger partial charge in [-0.1, -0.05) is 116 Å². The van der Waals surface area contributed by atoms with Gasteiger partial charge in [0.25, 0.3) is 0 Å². The van der Waals surface area contributed by atoms with Crippen LogP contribution < -0.4 is 5.32 Å². The van der Waals surface area contributed by atoms with Gasteiger partial charge in [0, 0.05) is 13.5 Å². The first kappa shape index (κ1) is 30.9. The molecule has 7 nitrogen and oxygen atoms in total. The predicted octanol–water partition coefficient (Wildman–Crippen LogP) is 7.13. The molecule has 0 unspecified atom stereocenters. The fraction of sp³-hybridized carbons (Fsp3) is 0.273. The Morgan fingerprint density at radius 1 is 0.905 bits per heavy atom. The zero-order valence-corrected chi connectivity index (χ0v) is 26.5. The van der Waals surface area contributed by atoms with E-state index < -0.39 is 25.2 Å². The second-order valence-electron chi connectivity index (χ2n) is 11.7. The lowest BCUT2D eigenvalue weighted by Crippen LogP contribution is -2.38. The molecule has 3 aromatic carbocycles. The second kappa shape index (κ2) is 13.3. The monoisotopic (exact) mass is 599 g/mol. The minimum absolute atomic E-state index is 0.0213. The first-order chi connectivity index (χ1) is 20.0. The summed E-state index contributed by atoms with van der Waals surface area (Å²) in [5.41, 5.74) is 1.27. The Kier molecular flexibility index (Phi) is 9.75. The highest BCUT2D eigenvalue weighted by Gasteiger charge is 2.37. The highest BCUT2D eigenvalue weighted by atomic mass is 32.1. The van der Waals surface area contributed by atoms with Crippen LogP contribution >= 0.6 is 11.3 Å². The number of hydrogen-bond acceptors (Lipinski definition) is 8. The van der Waals surface area contributed by atoms with Gasteiger partial charge < -0.3 is 14.9 Å². The highest BCUT2D eigenvalue weighted by Crippen LogP contribution is 2.40. The standard InChI is InChI=1S/C33H37N3O4SSi/c1-32(2,30(38)39-21-22-42(3,4)5)40-36-28(23-37)29-24-41-31(34-29)35-33(25-15-9-6-10-16-25,26-17-11-7-12-18-26)27-19-13-8-14-20-27/h6-20,23-24H,21-22H2,1-5H3,(H,34,35). The van der Waals surface area contributed by atoms with Crippen LogP contribution in [0.2, 0.25) is 25.7 Å². The molecule has 0 radical (unpaired) electrons. The summed E-state index contributed by atoms with van der Waals surface area (Å²) in [4.78, 5) is 35.0. The van der Waals surface area contributed by atoms with E-state index >= 15 is 0 Å². The van der Waals surface area contributed by atoms with E-state index in [0.717, 1.165) is 22.7 Å². The number of aldehydes is 1. The zero-order valence-electron chi connectivity index (χ0n) is 24.7. The van der Waals surface area contributed by atoms with Gasteiger partial charge in [0.1, 0.15) is 11.2 Å². The molecule has 9 heteroatoms. The Bertz CT molecular complexity index is 1400. The number of benzene rings is 3. The molecule has 0 spiro atoms. The molecule has 0 bridgehead atoms. The predicted molar refractivity (Wildman–Crippen MR) is 172 cm³/mol. The molecule has 1 heterocycles. The Morgan fingerprint density at radius 3 is 1.86 bits per heavy atom. The fourth-order valence-corrected chi connectivity index (χ4v) is 5.82. The number of rotatable bonds is 13. The molecule has 0 aliphatic heterocycles. The van der Waals surface area contributed by atoms with Crippen LogP contribution in [0.1, 0.15) is 36.2 Å². The van der Waals surface area contributed by atoms with Crippen LogP contribution in [0.25, 0.3) is 0 Å². The molecular weight excluding hydrogens is 563 g/mol. The lowest BCUT2D eigenvalue weighted by molar-refractivity contribution is -0.167. The number of thiazole rings is 1. The number of esters is 1. The molecule has 0 aliphatic carbocycles. The van der Waals surface area contributed by atoms with Gasteiger partial charge in [-0.25, -0.2) is 9.78 Å². The first-order valence-corrected chi connectivity index (χ1v) is 18.4. The largest absolute Gasteiger partial charge is 0.463 e. The average Bonchev–Trinajstić information content (AvgIpc) is 3.45. The van der Waals surface area contributed by atoms with Crippen LogP contribution in [0.4, 0.5) is 5.13 Å². The van der Waals surface area contributed by atoms with E-state index in [0.29, 0.717) is 23.7 Å². The van der Waals surface area contributed by atoms with Gasteiger partial charge >= 0.3 is 5.97 Å². The fourth-order valence-electron chi connectivity index (χ4n) is 4.34. The Balaban J connectivity index is 1.64. The van der Waals surface area contributed by atoms with Crippen molar-refractivity contribution in [2.75, 3.05) is 11.9 Å². The van der Waals surface area contributed by atoms with Gasteiger partial charge in [-0.3, -0.25) is 4.79 Å². The van der Waals surface area contributed by atoms with E-state index in [4.69, 9.17) is 14.6 Å². The Labute approximate surface area is 252 Å². The second-order valence-corrected chi connectivity index (χ2v) is 18.1. The minimum atomic E-state index is -1.37. The van der Waals surface area contributed by atoms with E-state index in [9.17, 15) is 9.59 Å². The van der Waals surface area contributed by atoms with Crippen molar-refractivity contribution < 1.29 is 19.2 Å². The van der Waals surface area contributed by atoms with Crippen molar-refractivity contribution in [3.05, 3.63) is 119 Å². The van der Waals surface area contributed by atoms with Crippen molar-refractivity contribution in [2.24, 2.45) is 5.16 Å². The maximum Gasteiger partial charge on any atom is 0.352 e. The third-order valence-electron chi connectivity index (χ3n) is 6.74. The van der Waals surface area contributed by atoms with Crippen molar-refractivity contribution in [1.82, 2.24) is 4.98 Å². The molecule has 0 atom stereocenters. The Morgan fingerprint density at radius 2 is 1.40 bits per heavy atom. The lowest BCUT2D eigenvalue weighted by atomic mass is 9.77. The van der Waals surface area contributed by atoms with Crippen molar-refractivity contribution in [3.8, 4) is 0 Å². The van der Waals surface area contributed by atoms with Crippen LogP contribution in [0.15, 0.2) is 102 Å². The van der Waals surface area contributed by atoms with Crippen molar-refractivity contribution in [2.45, 2.75) is 50.7 Å². The van der Waals surface area contributed by atoms with Gasteiger partial charge in [0.2, 0.25) is 5.60 Å². The Hall–Kier alpha value is -4.08. The third-order valence-corrected chi connectivity index (χ3v) is 9.20. The molecule has 4 rings (SSSR count). The zero-order chi connectivity index (χ0) is 30.2. The molecule has 0 saturated heterocycles. The number of aromatic nitrogens is 1. The van der Waals surface area contributed by atoms with Gasteiger partial charge in [-0.15, -0.1) is 11.3 Å². The number of nitrogens with zero attached hydrogens (tertiary/aromatic N) is 2. The molecular formula is C33H37N3O4SSi. The summed E-state index contributed by atoms with van der Waals surface area (Å²) in [5.74, 6) is -0.534. The molecule has 1 aromatic heterocycles. The summed E-state index contributed by atoms with van der Waals surface area (Å²) in [6, 6.07) is 31.4. The van der Waals surface area contributed by atoms with Crippen LogP contribution in [0.5, 0.6) is 0 Å². The summed E-state index contributed by atoms with van der Waals surface area (Å²) in [5, 5.41) is 10.0. The van der Waals surface area contributed by atoms with Gasteiger partial charge in [0.15, 0.2) is 17.1 Å². The van der Waals surface area contributed by atoms with Gasteiger partial charge in [-0.2, -0.15) is 0 Å². The maximum atomic E-state index is 12.6. The number of anilines is 1. The van der Waals surface area contributed by atoms with Crippen LogP contribution in [0, 0.1) is 0 Å². The summed E-state index contributed by atoms with van der Waals surface area (Å²) >= 11 is 1.35. The highest BCUT2D eigenvalue weighted by molar-refractivity contribution is 7.14. The van der Waals surface area contributed by atoms with Crippen LogP contribution in [-0.4, -0.2) is 43.2 Å². The van der Waals surface area contributed by atoms with E-state index in [1.807, 2.05) is 54.6 Å². The van der Waals surface area contributed by atoms with E-state index in [-0.39, 0.29) is 5.71 Å². The third kappa shape index (κ3) is 7.40. The number of carbonyl (C=O) groups is 2. The molecule has 218 valence electrons. The summed E-state index contributed by atoms with van der Waals surface area (Å²) < 4.78 is 5.43. The summed E-state index contributed by atoms with van der Waals surface area (Å²) in [7, 11) is -1.35. The number of oxime groups is 1. The molecule has 0 fully saturated rings. The van der Waals surface area contributed by atoms with Crippen LogP contribution in [0.3, 0.4) is 0 Å². The normalized spacial score (nSPS) is 12.5. The first-order valence-electron chi connectivity index (χ1n) is 13.8. The topological polar surface area (TPSA) is 89.9 Å². The summed E-state index contributed by atoms with van der Waals surface area (Å²) in [6.45, 7) is 10.1. The van der Waals surface area contributed by atoms with E-state index in [2.05, 4.69) is 66.5 Å². The van der Waals surface area contributed by atoms with E-state index in [1.54, 1.807) is 19.2 Å². The average molecular weight is 600 g/mol.